The highest BCUT2D eigenvalue weighted by molar-refractivity contribution is 6.03. The average Bonchev–Trinajstić information content (AvgIpc) is 2.91. The van der Waals surface area contributed by atoms with Gasteiger partial charge in [-0.1, -0.05) is 36.4 Å². The van der Waals surface area contributed by atoms with E-state index in [0.717, 1.165) is 11.4 Å². The van der Waals surface area contributed by atoms with E-state index >= 15 is 0 Å². The quantitative estimate of drug-likeness (QED) is 0.939. The third-order valence-corrected chi connectivity index (χ3v) is 3.61. The molecule has 0 saturated carbocycles. The molecule has 4 heteroatoms. The summed E-state index contributed by atoms with van der Waals surface area (Å²) < 4.78 is 0. The summed E-state index contributed by atoms with van der Waals surface area (Å²) in [5.41, 5.74) is 1.60. The van der Waals surface area contributed by atoms with Gasteiger partial charge in [-0.15, -0.1) is 0 Å². The maximum absolute atomic E-state index is 12.2. The zero-order valence-corrected chi connectivity index (χ0v) is 11.5. The first kappa shape index (κ1) is 13.4. The van der Waals surface area contributed by atoms with E-state index in [1.165, 1.54) is 0 Å². The van der Waals surface area contributed by atoms with Gasteiger partial charge in [-0.25, -0.2) is 0 Å². The van der Waals surface area contributed by atoms with Crippen LogP contribution in [0.2, 0.25) is 0 Å². The molecule has 1 atom stereocenters. The van der Waals surface area contributed by atoms with Gasteiger partial charge in [-0.2, -0.15) is 0 Å². The Morgan fingerprint density at radius 1 is 1.00 bits per heavy atom. The van der Waals surface area contributed by atoms with Crippen LogP contribution in [-0.4, -0.2) is 18.4 Å². The van der Waals surface area contributed by atoms with E-state index in [1.807, 2.05) is 60.7 Å². The van der Waals surface area contributed by atoms with E-state index in [-0.39, 0.29) is 24.2 Å². The van der Waals surface area contributed by atoms with Gasteiger partial charge in [-0.3, -0.25) is 9.59 Å². The summed E-state index contributed by atoms with van der Waals surface area (Å²) >= 11 is 0. The Morgan fingerprint density at radius 2 is 1.62 bits per heavy atom. The summed E-state index contributed by atoms with van der Waals surface area (Å²) in [7, 11) is 0. The van der Waals surface area contributed by atoms with Crippen molar-refractivity contribution < 1.29 is 9.59 Å². The Labute approximate surface area is 123 Å². The summed E-state index contributed by atoms with van der Waals surface area (Å²) in [6, 6.07) is 18.8. The van der Waals surface area contributed by atoms with E-state index in [9.17, 15) is 9.59 Å². The first-order chi connectivity index (χ1) is 10.2. The lowest BCUT2D eigenvalue weighted by Crippen LogP contribution is -2.28. The second-order valence-electron chi connectivity index (χ2n) is 5.10. The highest BCUT2D eigenvalue weighted by atomic mass is 16.2. The standard InChI is InChI=1S/C17H16N2O2/c20-16-11-13(12-19(16)15-9-5-2-6-10-15)17(21)18-14-7-3-1-4-8-14/h1-10,13H,11-12H2,(H,18,21)/t13-/m0/s1. The molecule has 2 amide bonds. The smallest absolute Gasteiger partial charge is 0.229 e. The Morgan fingerprint density at radius 3 is 2.29 bits per heavy atom. The zero-order chi connectivity index (χ0) is 14.7. The van der Waals surface area contributed by atoms with Gasteiger partial charge in [0, 0.05) is 24.3 Å². The molecule has 106 valence electrons. The number of carbonyl (C=O) groups is 2. The van der Waals surface area contributed by atoms with Gasteiger partial charge in [0.2, 0.25) is 11.8 Å². The molecule has 1 heterocycles. The molecule has 21 heavy (non-hydrogen) atoms. The highest BCUT2D eigenvalue weighted by Crippen LogP contribution is 2.25. The molecule has 0 bridgehead atoms. The van der Waals surface area contributed by atoms with Crippen molar-refractivity contribution in [2.24, 2.45) is 5.92 Å². The SMILES string of the molecule is O=C(Nc1ccccc1)[C@H]1CC(=O)N(c2ccccc2)C1. The summed E-state index contributed by atoms with van der Waals surface area (Å²) in [5, 5.41) is 2.86. The van der Waals surface area contributed by atoms with Crippen LogP contribution in [0.15, 0.2) is 60.7 Å². The van der Waals surface area contributed by atoms with Crippen LogP contribution < -0.4 is 10.2 Å². The number of nitrogens with one attached hydrogen (secondary N) is 1. The van der Waals surface area contributed by atoms with Crippen molar-refractivity contribution in [1.82, 2.24) is 0 Å². The first-order valence-electron chi connectivity index (χ1n) is 6.95. The predicted molar refractivity (Wildman–Crippen MR) is 82.0 cm³/mol. The monoisotopic (exact) mass is 280 g/mol. The number of anilines is 2. The zero-order valence-electron chi connectivity index (χ0n) is 11.5. The molecule has 3 rings (SSSR count). The molecular weight excluding hydrogens is 264 g/mol. The minimum atomic E-state index is -0.307. The molecule has 1 N–H and O–H groups in total. The molecule has 4 nitrogen and oxygen atoms in total. The van der Waals surface area contributed by atoms with E-state index in [1.54, 1.807) is 4.90 Å². The van der Waals surface area contributed by atoms with Crippen molar-refractivity contribution in [3.8, 4) is 0 Å². The summed E-state index contributed by atoms with van der Waals surface area (Å²) in [6.07, 6.45) is 0.258. The molecule has 0 spiro atoms. The predicted octanol–water partition coefficient (Wildman–Crippen LogP) is 2.68. The van der Waals surface area contributed by atoms with Gasteiger partial charge in [0.05, 0.1) is 5.92 Å². The second-order valence-corrected chi connectivity index (χ2v) is 5.10. The number of hydrogen-bond acceptors (Lipinski definition) is 2. The van der Waals surface area contributed by atoms with Gasteiger partial charge in [0.15, 0.2) is 0 Å². The third-order valence-electron chi connectivity index (χ3n) is 3.61. The van der Waals surface area contributed by atoms with Crippen LogP contribution in [0.25, 0.3) is 0 Å². The first-order valence-corrected chi connectivity index (χ1v) is 6.95. The fraction of sp³-hybridized carbons (Fsp3) is 0.176. The van der Waals surface area contributed by atoms with Gasteiger partial charge < -0.3 is 10.2 Å². The van der Waals surface area contributed by atoms with Crippen LogP contribution in [0.1, 0.15) is 6.42 Å². The molecule has 0 unspecified atom stereocenters. The number of amides is 2. The number of rotatable bonds is 3. The van der Waals surface area contributed by atoms with E-state index in [4.69, 9.17) is 0 Å². The molecule has 0 aliphatic carbocycles. The Kier molecular flexibility index (Phi) is 3.69. The van der Waals surface area contributed by atoms with Crippen LogP contribution in [-0.2, 0) is 9.59 Å². The number of hydrogen-bond donors (Lipinski definition) is 1. The van der Waals surface area contributed by atoms with Gasteiger partial charge in [0.25, 0.3) is 0 Å². The summed E-state index contributed by atoms with van der Waals surface area (Å²) in [4.78, 5) is 26.0. The Hall–Kier alpha value is -2.62. The average molecular weight is 280 g/mol. The molecule has 1 saturated heterocycles. The van der Waals surface area contributed by atoms with Crippen LogP contribution in [0.5, 0.6) is 0 Å². The molecule has 2 aromatic rings. The fourth-order valence-electron chi connectivity index (χ4n) is 2.51. The minimum Gasteiger partial charge on any atom is -0.326 e. The molecule has 1 aliphatic rings. The van der Waals surface area contributed by atoms with E-state index in [2.05, 4.69) is 5.32 Å². The van der Waals surface area contributed by atoms with Crippen LogP contribution in [0, 0.1) is 5.92 Å². The van der Waals surface area contributed by atoms with Crippen LogP contribution in [0.3, 0.4) is 0 Å². The molecular formula is C17H16N2O2. The molecule has 1 aliphatic heterocycles. The van der Waals surface area contributed by atoms with Crippen molar-refractivity contribution in [3.63, 3.8) is 0 Å². The fourth-order valence-corrected chi connectivity index (χ4v) is 2.51. The van der Waals surface area contributed by atoms with Crippen molar-refractivity contribution in [2.45, 2.75) is 6.42 Å². The van der Waals surface area contributed by atoms with Crippen molar-refractivity contribution in [2.75, 3.05) is 16.8 Å². The van der Waals surface area contributed by atoms with Gasteiger partial charge >= 0.3 is 0 Å². The van der Waals surface area contributed by atoms with Gasteiger partial charge in [-0.05, 0) is 24.3 Å². The second kappa shape index (κ2) is 5.79. The molecule has 0 radical (unpaired) electrons. The van der Waals surface area contributed by atoms with Crippen molar-refractivity contribution in [1.29, 1.82) is 0 Å². The normalized spacial score (nSPS) is 17.8. The van der Waals surface area contributed by atoms with Gasteiger partial charge in [0.1, 0.15) is 0 Å². The maximum atomic E-state index is 12.2. The number of para-hydroxylation sites is 2. The highest BCUT2D eigenvalue weighted by Gasteiger charge is 2.34. The molecule has 1 fully saturated rings. The summed E-state index contributed by atoms with van der Waals surface area (Å²) in [6.45, 7) is 0.432. The Bertz CT molecular complexity index is 640. The van der Waals surface area contributed by atoms with Crippen LogP contribution >= 0.6 is 0 Å². The molecule has 2 aromatic carbocycles. The van der Waals surface area contributed by atoms with Crippen molar-refractivity contribution in [3.05, 3.63) is 60.7 Å². The van der Waals surface area contributed by atoms with Crippen molar-refractivity contribution >= 4 is 23.2 Å². The topological polar surface area (TPSA) is 49.4 Å². The van der Waals surface area contributed by atoms with Crippen LogP contribution in [0.4, 0.5) is 11.4 Å². The third kappa shape index (κ3) is 2.94. The number of nitrogens with zero attached hydrogens (tertiary/aromatic N) is 1. The summed E-state index contributed by atoms with van der Waals surface area (Å²) in [5.74, 6) is -0.416. The Balaban J connectivity index is 1.68. The van der Waals surface area contributed by atoms with E-state index < -0.39 is 0 Å². The number of carbonyl (C=O) groups excluding carboxylic acids is 2. The lowest BCUT2D eigenvalue weighted by Gasteiger charge is -2.16. The lowest BCUT2D eigenvalue weighted by atomic mass is 10.1. The number of benzene rings is 2. The maximum Gasteiger partial charge on any atom is 0.229 e. The van der Waals surface area contributed by atoms with E-state index in [0.29, 0.717) is 6.54 Å². The lowest BCUT2D eigenvalue weighted by molar-refractivity contribution is -0.122. The largest absolute Gasteiger partial charge is 0.326 e. The molecule has 0 aromatic heterocycles. The minimum absolute atomic E-state index is 0.00517.